The number of fused-ring (bicyclic) bond motifs is 1. The maximum absolute atomic E-state index is 12.0. The molecule has 0 amide bonds. The molecule has 1 aromatic rings. The van der Waals surface area contributed by atoms with Gasteiger partial charge in [0.25, 0.3) is 0 Å². The molecule has 0 unspecified atom stereocenters. The van der Waals surface area contributed by atoms with Crippen molar-refractivity contribution in [3.63, 3.8) is 0 Å². The molecule has 0 aromatic heterocycles. The van der Waals surface area contributed by atoms with Crippen LogP contribution in [0, 0.1) is 0 Å². The normalized spacial score (nSPS) is 14.3. The summed E-state index contributed by atoms with van der Waals surface area (Å²) in [6, 6.07) is 5.01. The van der Waals surface area contributed by atoms with Gasteiger partial charge in [0.1, 0.15) is 5.75 Å². The summed E-state index contributed by atoms with van der Waals surface area (Å²) in [5, 5.41) is 2.98. The van der Waals surface area contributed by atoms with Crippen molar-refractivity contribution in [3.05, 3.63) is 23.8 Å². The van der Waals surface area contributed by atoms with Gasteiger partial charge in [0.15, 0.2) is 0 Å². The number of hydrogen-bond donors (Lipinski definition) is 2. The largest absolute Gasteiger partial charge is 0.493 e. The van der Waals surface area contributed by atoms with E-state index in [1.54, 1.807) is 18.2 Å². The summed E-state index contributed by atoms with van der Waals surface area (Å²) < 4.78 is 32.0. The highest BCUT2D eigenvalue weighted by atomic mass is 32.2. The van der Waals surface area contributed by atoms with Crippen LogP contribution in [0.25, 0.3) is 0 Å². The van der Waals surface area contributed by atoms with Gasteiger partial charge in [-0.2, -0.15) is 0 Å². The Hall–Kier alpha value is -1.11. The smallest absolute Gasteiger partial charge is 0.240 e. The molecule has 0 bridgehead atoms. The summed E-state index contributed by atoms with van der Waals surface area (Å²) in [5.74, 6) is 0.795. The summed E-state index contributed by atoms with van der Waals surface area (Å²) in [6.07, 6.45) is 1.54. The van der Waals surface area contributed by atoms with E-state index < -0.39 is 10.0 Å². The van der Waals surface area contributed by atoms with E-state index in [1.165, 1.54) is 0 Å². The van der Waals surface area contributed by atoms with Crippen molar-refractivity contribution in [1.82, 2.24) is 10.0 Å². The van der Waals surface area contributed by atoms with Gasteiger partial charge in [-0.3, -0.25) is 0 Å². The van der Waals surface area contributed by atoms with E-state index in [4.69, 9.17) is 4.74 Å². The summed E-state index contributed by atoms with van der Waals surface area (Å²) >= 11 is 0. The Kier molecular flexibility index (Phi) is 4.21. The Morgan fingerprint density at radius 1 is 1.33 bits per heavy atom. The number of benzene rings is 1. The molecule has 18 heavy (non-hydrogen) atoms. The van der Waals surface area contributed by atoms with E-state index in [-0.39, 0.29) is 0 Å². The predicted octanol–water partition coefficient (Wildman–Crippen LogP) is 0.509. The van der Waals surface area contributed by atoms with Gasteiger partial charge in [-0.05, 0) is 43.8 Å². The Balaban J connectivity index is 2.05. The fourth-order valence-electron chi connectivity index (χ4n) is 1.89. The lowest BCUT2D eigenvalue weighted by molar-refractivity contribution is 0.356. The van der Waals surface area contributed by atoms with Crippen molar-refractivity contribution < 1.29 is 13.2 Å². The first kappa shape index (κ1) is 13.3. The van der Waals surface area contributed by atoms with Gasteiger partial charge in [0, 0.05) is 13.0 Å². The highest BCUT2D eigenvalue weighted by Gasteiger charge is 2.18. The molecular weight excluding hydrogens is 252 g/mol. The molecule has 2 N–H and O–H groups in total. The maximum Gasteiger partial charge on any atom is 0.240 e. The molecule has 2 rings (SSSR count). The Morgan fingerprint density at radius 2 is 2.17 bits per heavy atom. The third kappa shape index (κ3) is 3.01. The molecule has 0 radical (unpaired) electrons. The topological polar surface area (TPSA) is 67.4 Å². The maximum atomic E-state index is 12.0. The van der Waals surface area contributed by atoms with E-state index in [1.807, 2.05) is 7.05 Å². The minimum absolute atomic E-state index is 0.316. The highest BCUT2D eigenvalue weighted by Crippen LogP contribution is 2.27. The van der Waals surface area contributed by atoms with Crippen molar-refractivity contribution in [2.45, 2.75) is 17.7 Å². The van der Waals surface area contributed by atoms with Crippen molar-refractivity contribution >= 4 is 10.0 Å². The van der Waals surface area contributed by atoms with Crippen molar-refractivity contribution in [2.24, 2.45) is 0 Å². The van der Waals surface area contributed by atoms with Crippen LogP contribution >= 0.6 is 0 Å². The van der Waals surface area contributed by atoms with Gasteiger partial charge < -0.3 is 10.1 Å². The summed E-state index contributed by atoms with van der Waals surface area (Å²) in [6.45, 7) is 1.87. The molecule has 0 saturated carbocycles. The lowest BCUT2D eigenvalue weighted by Gasteiger charge is -2.07. The number of rotatable bonds is 6. The van der Waals surface area contributed by atoms with Crippen molar-refractivity contribution in [2.75, 3.05) is 26.7 Å². The van der Waals surface area contributed by atoms with Crippen LogP contribution in [-0.4, -0.2) is 35.2 Å². The summed E-state index contributed by atoms with van der Waals surface area (Å²) in [5.41, 5.74) is 0.966. The number of ether oxygens (including phenoxy) is 1. The third-order valence-electron chi connectivity index (χ3n) is 2.87. The Morgan fingerprint density at radius 3 is 2.94 bits per heavy atom. The SMILES string of the molecule is CNCCCNS(=O)(=O)c1ccc2c(c1)CCO2. The zero-order chi connectivity index (χ0) is 13.0. The second-order valence-corrected chi connectivity index (χ2v) is 5.99. The second-order valence-electron chi connectivity index (χ2n) is 4.22. The summed E-state index contributed by atoms with van der Waals surface area (Å²) in [7, 11) is -1.55. The molecule has 1 aliphatic rings. The Bertz CT molecular complexity index is 514. The van der Waals surface area contributed by atoms with Crippen molar-refractivity contribution in [1.29, 1.82) is 0 Å². The molecular formula is C12H18N2O3S. The zero-order valence-electron chi connectivity index (χ0n) is 10.4. The monoisotopic (exact) mass is 270 g/mol. The molecule has 0 aliphatic carbocycles. The van der Waals surface area contributed by atoms with Gasteiger partial charge in [-0.25, -0.2) is 13.1 Å². The quantitative estimate of drug-likeness (QED) is 0.739. The van der Waals surface area contributed by atoms with E-state index in [9.17, 15) is 8.42 Å². The lowest BCUT2D eigenvalue weighted by atomic mass is 10.2. The van der Waals surface area contributed by atoms with Gasteiger partial charge in [-0.1, -0.05) is 0 Å². The average molecular weight is 270 g/mol. The molecule has 1 aliphatic heterocycles. The standard InChI is InChI=1S/C12H18N2O3S/c1-13-6-2-7-14-18(15,16)11-3-4-12-10(9-11)5-8-17-12/h3-4,9,13-14H,2,5-8H2,1H3. The molecule has 5 nitrogen and oxygen atoms in total. The highest BCUT2D eigenvalue weighted by molar-refractivity contribution is 7.89. The van der Waals surface area contributed by atoms with Crippen LogP contribution in [-0.2, 0) is 16.4 Å². The minimum Gasteiger partial charge on any atom is -0.493 e. The molecule has 0 fully saturated rings. The van der Waals surface area contributed by atoms with Crippen LogP contribution in [0.4, 0.5) is 0 Å². The predicted molar refractivity (Wildman–Crippen MR) is 69.4 cm³/mol. The van der Waals surface area contributed by atoms with Gasteiger partial charge in [-0.15, -0.1) is 0 Å². The van der Waals surface area contributed by atoms with Crippen LogP contribution < -0.4 is 14.8 Å². The average Bonchev–Trinajstić information content (AvgIpc) is 2.82. The number of nitrogens with one attached hydrogen (secondary N) is 2. The van der Waals surface area contributed by atoms with Crippen LogP contribution in [0.3, 0.4) is 0 Å². The first-order valence-corrected chi connectivity index (χ1v) is 7.52. The molecule has 0 atom stereocenters. The number of sulfonamides is 1. The number of hydrogen-bond acceptors (Lipinski definition) is 4. The van der Waals surface area contributed by atoms with E-state index >= 15 is 0 Å². The van der Waals surface area contributed by atoms with Crippen LogP contribution in [0.2, 0.25) is 0 Å². The van der Waals surface area contributed by atoms with E-state index in [0.717, 1.165) is 30.7 Å². The molecule has 0 saturated heterocycles. The Labute approximate surface area is 108 Å². The minimum atomic E-state index is -3.40. The van der Waals surface area contributed by atoms with Crippen LogP contribution in [0.1, 0.15) is 12.0 Å². The zero-order valence-corrected chi connectivity index (χ0v) is 11.2. The molecule has 100 valence electrons. The third-order valence-corrected chi connectivity index (χ3v) is 4.33. The van der Waals surface area contributed by atoms with Crippen LogP contribution in [0.5, 0.6) is 5.75 Å². The van der Waals surface area contributed by atoms with Crippen LogP contribution in [0.15, 0.2) is 23.1 Å². The fourth-order valence-corrected chi connectivity index (χ4v) is 3.01. The first-order chi connectivity index (χ1) is 8.63. The fraction of sp³-hybridized carbons (Fsp3) is 0.500. The molecule has 1 heterocycles. The second kappa shape index (κ2) is 5.69. The van der Waals surface area contributed by atoms with Crippen molar-refractivity contribution in [3.8, 4) is 5.75 Å². The van der Waals surface area contributed by atoms with Gasteiger partial charge >= 0.3 is 0 Å². The molecule has 6 heteroatoms. The molecule has 0 spiro atoms. The van der Waals surface area contributed by atoms with E-state index in [0.29, 0.717) is 18.0 Å². The van der Waals surface area contributed by atoms with Gasteiger partial charge in [0.05, 0.1) is 11.5 Å². The van der Waals surface area contributed by atoms with Gasteiger partial charge in [0.2, 0.25) is 10.0 Å². The molecule has 1 aromatic carbocycles. The first-order valence-electron chi connectivity index (χ1n) is 6.03. The van der Waals surface area contributed by atoms with E-state index in [2.05, 4.69) is 10.0 Å². The lowest BCUT2D eigenvalue weighted by Crippen LogP contribution is -2.26. The summed E-state index contributed by atoms with van der Waals surface area (Å²) in [4.78, 5) is 0.316.